The van der Waals surface area contributed by atoms with Gasteiger partial charge in [-0.25, -0.2) is 0 Å². The summed E-state index contributed by atoms with van der Waals surface area (Å²) in [6.45, 7) is 5.15. The molecule has 0 aliphatic carbocycles. The number of rotatable bonds is 5. The number of carbonyl (C=O) groups is 1. The molecular formula is C16H21N3O2. The summed E-state index contributed by atoms with van der Waals surface area (Å²) in [5.41, 5.74) is 1.52. The molecule has 1 atom stereocenters. The molecule has 1 heterocycles. The summed E-state index contributed by atoms with van der Waals surface area (Å²) in [7, 11) is 0. The number of nitrogens with zero attached hydrogens (tertiary/aromatic N) is 2. The number of nitriles is 1. The Kier molecular flexibility index (Phi) is 5.73. The van der Waals surface area contributed by atoms with Crippen molar-refractivity contribution in [3.8, 4) is 6.07 Å². The summed E-state index contributed by atoms with van der Waals surface area (Å²) in [5, 5.41) is 12.4. The van der Waals surface area contributed by atoms with Crippen molar-refractivity contribution in [3.05, 3.63) is 35.4 Å². The fraction of sp³-hybridized carbons (Fsp3) is 0.500. The van der Waals surface area contributed by atoms with Gasteiger partial charge in [-0.2, -0.15) is 5.26 Å². The van der Waals surface area contributed by atoms with Gasteiger partial charge in [-0.15, -0.1) is 0 Å². The van der Waals surface area contributed by atoms with Gasteiger partial charge in [-0.1, -0.05) is 18.2 Å². The number of amides is 1. The molecule has 1 N–H and O–H groups in total. The molecule has 1 aromatic carbocycles. The van der Waals surface area contributed by atoms with Gasteiger partial charge >= 0.3 is 0 Å². The molecule has 21 heavy (non-hydrogen) atoms. The average Bonchev–Trinajstić information content (AvgIpc) is 2.53. The maximum Gasteiger partial charge on any atom is 0.224 e. The van der Waals surface area contributed by atoms with E-state index in [-0.39, 0.29) is 11.9 Å². The maximum atomic E-state index is 12.4. The van der Waals surface area contributed by atoms with E-state index < -0.39 is 0 Å². The lowest BCUT2D eigenvalue weighted by molar-refractivity contribution is -0.132. The van der Waals surface area contributed by atoms with Crippen LogP contribution in [0.5, 0.6) is 0 Å². The Morgan fingerprint density at radius 3 is 3.00 bits per heavy atom. The third-order valence-corrected chi connectivity index (χ3v) is 3.65. The Labute approximate surface area is 125 Å². The Bertz CT molecular complexity index is 518. The summed E-state index contributed by atoms with van der Waals surface area (Å²) in [5.74, 6) is 0.0910. The summed E-state index contributed by atoms with van der Waals surface area (Å²) in [4.78, 5) is 14.2. The number of ether oxygens (including phenoxy) is 1. The van der Waals surface area contributed by atoms with Crippen LogP contribution in [-0.2, 0) is 16.1 Å². The van der Waals surface area contributed by atoms with E-state index in [9.17, 15) is 4.79 Å². The molecule has 1 aliphatic rings. The fourth-order valence-corrected chi connectivity index (χ4v) is 2.44. The van der Waals surface area contributed by atoms with Crippen molar-refractivity contribution in [2.75, 3.05) is 26.3 Å². The van der Waals surface area contributed by atoms with Gasteiger partial charge in [0.25, 0.3) is 0 Å². The van der Waals surface area contributed by atoms with Crippen LogP contribution in [0.15, 0.2) is 24.3 Å². The van der Waals surface area contributed by atoms with Gasteiger partial charge in [0.1, 0.15) is 0 Å². The van der Waals surface area contributed by atoms with Crippen LogP contribution in [0, 0.1) is 11.3 Å². The summed E-state index contributed by atoms with van der Waals surface area (Å²) >= 11 is 0. The highest BCUT2D eigenvalue weighted by atomic mass is 16.5. The Hall–Kier alpha value is -1.90. The molecule has 1 fully saturated rings. The molecule has 0 radical (unpaired) electrons. The molecule has 1 unspecified atom stereocenters. The number of benzene rings is 1. The van der Waals surface area contributed by atoms with E-state index >= 15 is 0 Å². The largest absolute Gasteiger partial charge is 0.378 e. The second kappa shape index (κ2) is 7.77. The van der Waals surface area contributed by atoms with Gasteiger partial charge in [0.2, 0.25) is 5.91 Å². The van der Waals surface area contributed by atoms with Crippen LogP contribution in [0.4, 0.5) is 0 Å². The van der Waals surface area contributed by atoms with E-state index in [0.717, 1.165) is 12.1 Å². The molecule has 1 aromatic rings. The summed E-state index contributed by atoms with van der Waals surface area (Å²) in [6, 6.07) is 9.68. The van der Waals surface area contributed by atoms with Crippen LogP contribution in [0.1, 0.15) is 24.5 Å². The van der Waals surface area contributed by atoms with E-state index in [1.54, 1.807) is 11.0 Å². The monoisotopic (exact) mass is 287 g/mol. The maximum absolute atomic E-state index is 12.4. The minimum Gasteiger partial charge on any atom is -0.378 e. The number of nitrogens with one attached hydrogen (secondary N) is 1. The Balaban J connectivity index is 1.98. The van der Waals surface area contributed by atoms with Gasteiger partial charge < -0.3 is 15.0 Å². The van der Waals surface area contributed by atoms with Crippen LogP contribution < -0.4 is 5.32 Å². The Morgan fingerprint density at radius 2 is 2.33 bits per heavy atom. The fourth-order valence-electron chi connectivity index (χ4n) is 2.44. The van der Waals surface area contributed by atoms with Crippen molar-refractivity contribution in [3.63, 3.8) is 0 Å². The van der Waals surface area contributed by atoms with Crippen LogP contribution >= 0.6 is 0 Å². The minimum absolute atomic E-state index is 0.0894. The molecule has 5 nitrogen and oxygen atoms in total. The zero-order valence-corrected chi connectivity index (χ0v) is 12.3. The smallest absolute Gasteiger partial charge is 0.224 e. The van der Waals surface area contributed by atoms with Crippen molar-refractivity contribution in [1.29, 1.82) is 5.26 Å². The van der Waals surface area contributed by atoms with Gasteiger partial charge in [0.15, 0.2) is 0 Å². The van der Waals surface area contributed by atoms with Gasteiger partial charge in [0.05, 0.1) is 24.8 Å². The molecule has 1 amide bonds. The highest BCUT2D eigenvalue weighted by molar-refractivity contribution is 5.77. The number of hydrogen-bond donors (Lipinski definition) is 1. The molecule has 1 aliphatic heterocycles. The van der Waals surface area contributed by atoms with Gasteiger partial charge in [0, 0.05) is 32.1 Å². The van der Waals surface area contributed by atoms with Crippen molar-refractivity contribution in [2.45, 2.75) is 25.9 Å². The lowest BCUT2D eigenvalue weighted by Crippen LogP contribution is -2.45. The first-order valence-corrected chi connectivity index (χ1v) is 7.31. The van der Waals surface area contributed by atoms with E-state index in [4.69, 9.17) is 10.00 Å². The predicted molar refractivity (Wildman–Crippen MR) is 79.5 cm³/mol. The number of carbonyl (C=O) groups excluding carboxylic acids is 1. The highest BCUT2D eigenvalue weighted by Gasteiger charge is 2.21. The first kappa shape index (κ1) is 15.5. The van der Waals surface area contributed by atoms with E-state index in [0.29, 0.717) is 38.3 Å². The number of morpholine rings is 1. The SMILES string of the molecule is CCN(Cc1ccccc1C#N)C(=O)CC1COCCN1. The lowest BCUT2D eigenvalue weighted by atomic mass is 10.1. The first-order valence-electron chi connectivity index (χ1n) is 7.31. The van der Waals surface area contributed by atoms with Crippen LogP contribution in [-0.4, -0.2) is 43.2 Å². The van der Waals surface area contributed by atoms with E-state index in [2.05, 4.69) is 11.4 Å². The first-order chi connectivity index (χ1) is 10.2. The summed E-state index contributed by atoms with van der Waals surface area (Å²) < 4.78 is 5.37. The predicted octanol–water partition coefficient (Wildman–Crippen LogP) is 1.29. The van der Waals surface area contributed by atoms with Crippen molar-refractivity contribution in [2.24, 2.45) is 0 Å². The van der Waals surface area contributed by atoms with Crippen LogP contribution in [0.3, 0.4) is 0 Å². The van der Waals surface area contributed by atoms with Crippen molar-refractivity contribution >= 4 is 5.91 Å². The number of hydrogen-bond acceptors (Lipinski definition) is 4. The van der Waals surface area contributed by atoms with Gasteiger partial charge in [-0.05, 0) is 18.6 Å². The van der Waals surface area contributed by atoms with Crippen LogP contribution in [0.25, 0.3) is 0 Å². The second-order valence-corrected chi connectivity index (χ2v) is 5.11. The molecule has 5 heteroatoms. The van der Waals surface area contributed by atoms with E-state index in [1.807, 2.05) is 25.1 Å². The van der Waals surface area contributed by atoms with Gasteiger partial charge in [-0.3, -0.25) is 4.79 Å². The highest BCUT2D eigenvalue weighted by Crippen LogP contribution is 2.12. The standard InChI is InChI=1S/C16H21N3O2/c1-2-19(11-14-6-4-3-5-13(14)10-17)16(20)9-15-12-21-8-7-18-15/h3-6,15,18H,2,7-9,11-12H2,1H3. The molecule has 1 saturated heterocycles. The molecular weight excluding hydrogens is 266 g/mol. The molecule has 0 bridgehead atoms. The zero-order chi connectivity index (χ0) is 15.1. The van der Waals surface area contributed by atoms with Crippen LogP contribution in [0.2, 0.25) is 0 Å². The zero-order valence-electron chi connectivity index (χ0n) is 12.3. The third kappa shape index (κ3) is 4.28. The second-order valence-electron chi connectivity index (χ2n) is 5.11. The van der Waals surface area contributed by atoms with Crippen molar-refractivity contribution < 1.29 is 9.53 Å². The molecule has 0 saturated carbocycles. The topological polar surface area (TPSA) is 65.4 Å². The Morgan fingerprint density at radius 1 is 1.52 bits per heavy atom. The summed E-state index contributed by atoms with van der Waals surface area (Å²) in [6.07, 6.45) is 0.433. The molecule has 0 aromatic heterocycles. The molecule has 0 spiro atoms. The minimum atomic E-state index is 0.0894. The lowest BCUT2D eigenvalue weighted by Gasteiger charge is -2.27. The quantitative estimate of drug-likeness (QED) is 0.886. The third-order valence-electron chi connectivity index (χ3n) is 3.65. The molecule has 2 rings (SSSR count). The van der Waals surface area contributed by atoms with E-state index in [1.165, 1.54) is 0 Å². The average molecular weight is 287 g/mol. The molecule has 112 valence electrons. The van der Waals surface area contributed by atoms with Crippen molar-refractivity contribution in [1.82, 2.24) is 10.2 Å². The normalized spacial score (nSPS) is 18.0.